The highest BCUT2D eigenvalue weighted by atomic mass is 32.2. The number of thioether (sulfide) groups is 1. The van der Waals surface area contributed by atoms with Crippen LogP contribution in [0.4, 0.5) is 4.39 Å². The van der Waals surface area contributed by atoms with Crippen LogP contribution >= 0.6 is 11.8 Å². The number of rotatable bonds is 8. The molecule has 0 aliphatic rings. The first-order chi connectivity index (χ1) is 12.7. The predicted octanol–water partition coefficient (Wildman–Crippen LogP) is 4.93. The monoisotopic (exact) mass is 369 g/mol. The summed E-state index contributed by atoms with van der Waals surface area (Å²) in [7, 11) is 0. The topological polar surface area (TPSA) is 58.6 Å². The van der Waals surface area contributed by atoms with E-state index in [1.165, 1.54) is 41.6 Å². The van der Waals surface area contributed by atoms with Crippen LogP contribution in [0.2, 0.25) is 0 Å². The molecule has 2 aromatic carbocycles. The van der Waals surface area contributed by atoms with E-state index in [9.17, 15) is 9.18 Å². The van der Waals surface area contributed by atoms with E-state index in [0.29, 0.717) is 17.1 Å². The van der Waals surface area contributed by atoms with Crippen LogP contribution < -0.4 is 0 Å². The summed E-state index contributed by atoms with van der Waals surface area (Å²) in [5.41, 5.74) is 2.84. The van der Waals surface area contributed by atoms with E-state index in [2.05, 4.69) is 34.2 Å². The van der Waals surface area contributed by atoms with Crippen LogP contribution in [0.15, 0.2) is 53.7 Å². The van der Waals surface area contributed by atoms with Crippen molar-refractivity contribution in [3.05, 3.63) is 65.5 Å². The molecule has 4 nitrogen and oxygen atoms in total. The van der Waals surface area contributed by atoms with E-state index in [1.54, 1.807) is 0 Å². The molecule has 1 heterocycles. The van der Waals surface area contributed by atoms with Crippen molar-refractivity contribution in [3.8, 4) is 11.4 Å². The summed E-state index contributed by atoms with van der Waals surface area (Å²) in [6.45, 7) is 2.12. The lowest BCUT2D eigenvalue weighted by atomic mass is 10.1. The van der Waals surface area contributed by atoms with E-state index in [0.717, 1.165) is 30.0 Å². The summed E-state index contributed by atoms with van der Waals surface area (Å²) in [4.78, 5) is 16.5. The molecule has 26 heavy (non-hydrogen) atoms. The average Bonchev–Trinajstić information content (AvgIpc) is 3.14. The summed E-state index contributed by atoms with van der Waals surface area (Å²) in [5, 5.41) is 7.85. The second-order valence-corrected chi connectivity index (χ2v) is 6.96. The Kier molecular flexibility index (Phi) is 6.17. The van der Waals surface area contributed by atoms with Gasteiger partial charge in [0.2, 0.25) is 5.16 Å². The second kappa shape index (κ2) is 8.76. The molecule has 0 bridgehead atoms. The number of nitrogens with one attached hydrogen (secondary N) is 1. The predicted molar refractivity (Wildman–Crippen MR) is 102 cm³/mol. The normalized spacial score (nSPS) is 10.8. The Labute approximate surface area is 156 Å². The van der Waals surface area contributed by atoms with Crippen LogP contribution in [-0.2, 0) is 6.42 Å². The molecule has 0 spiro atoms. The van der Waals surface area contributed by atoms with E-state index < -0.39 is 0 Å². The van der Waals surface area contributed by atoms with E-state index in [1.807, 2.05) is 12.1 Å². The number of aromatic nitrogens is 3. The van der Waals surface area contributed by atoms with Crippen LogP contribution in [0, 0.1) is 5.82 Å². The lowest BCUT2D eigenvalue weighted by Crippen LogP contribution is -1.99. The van der Waals surface area contributed by atoms with Gasteiger partial charge in [0.15, 0.2) is 11.6 Å². The van der Waals surface area contributed by atoms with Gasteiger partial charge in [-0.2, -0.15) is 0 Å². The first-order valence-electron chi connectivity index (χ1n) is 8.59. The van der Waals surface area contributed by atoms with Gasteiger partial charge in [0, 0.05) is 23.3 Å². The molecule has 0 unspecified atom stereocenters. The van der Waals surface area contributed by atoms with Crippen molar-refractivity contribution >= 4 is 17.5 Å². The van der Waals surface area contributed by atoms with Gasteiger partial charge in [0.1, 0.15) is 5.82 Å². The zero-order valence-corrected chi connectivity index (χ0v) is 15.4. The maximum Gasteiger partial charge on any atom is 0.208 e. The average molecular weight is 369 g/mol. The molecule has 6 heteroatoms. The first-order valence-corrected chi connectivity index (χ1v) is 9.57. The van der Waals surface area contributed by atoms with Crippen LogP contribution in [0.25, 0.3) is 11.4 Å². The molecule has 3 rings (SSSR count). The zero-order chi connectivity index (χ0) is 18.4. The van der Waals surface area contributed by atoms with Crippen molar-refractivity contribution in [2.24, 2.45) is 0 Å². The maximum atomic E-state index is 12.9. The molecular weight excluding hydrogens is 349 g/mol. The fourth-order valence-corrected chi connectivity index (χ4v) is 3.25. The van der Waals surface area contributed by atoms with Crippen LogP contribution in [0.5, 0.6) is 0 Å². The summed E-state index contributed by atoms with van der Waals surface area (Å²) in [6.07, 6.45) is 2.15. The highest BCUT2D eigenvalue weighted by Crippen LogP contribution is 2.21. The molecule has 0 atom stereocenters. The molecule has 0 aliphatic carbocycles. The Hall–Kier alpha value is -2.47. The lowest BCUT2D eigenvalue weighted by Gasteiger charge is -2.00. The zero-order valence-electron chi connectivity index (χ0n) is 14.5. The number of aromatic amines is 1. The molecule has 0 radical (unpaired) electrons. The maximum absolute atomic E-state index is 12.9. The Morgan fingerprint density at radius 2 is 1.85 bits per heavy atom. The summed E-state index contributed by atoms with van der Waals surface area (Å²) in [6, 6.07) is 13.9. The van der Waals surface area contributed by atoms with Crippen LogP contribution in [-0.4, -0.2) is 26.7 Å². The third kappa shape index (κ3) is 4.79. The molecule has 1 N–H and O–H groups in total. The third-order valence-corrected chi connectivity index (χ3v) is 4.98. The summed E-state index contributed by atoms with van der Waals surface area (Å²) < 4.78 is 12.9. The van der Waals surface area contributed by atoms with Gasteiger partial charge < -0.3 is 0 Å². The number of Topliss-reactive ketones (excluding diaryl/α,β-unsaturated/α-hetero) is 1. The molecule has 0 fully saturated rings. The minimum absolute atomic E-state index is 0.0253. The van der Waals surface area contributed by atoms with Crippen molar-refractivity contribution < 1.29 is 9.18 Å². The quantitative estimate of drug-likeness (QED) is 0.347. The Morgan fingerprint density at radius 3 is 2.54 bits per heavy atom. The molecule has 1 aromatic heterocycles. The van der Waals surface area contributed by atoms with Gasteiger partial charge in [0.25, 0.3) is 0 Å². The van der Waals surface area contributed by atoms with Gasteiger partial charge in [0.05, 0.1) is 0 Å². The van der Waals surface area contributed by atoms with E-state index in [-0.39, 0.29) is 11.6 Å². The van der Waals surface area contributed by atoms with Crippen molar-refractivity contribution in [1.82, 2.24) is 15.2 Å². The van der Waals surface area contributed by atoms with Gasteiger partial charge in [-0.15, -0.1) is 5.10 Å². The summed E-state index contributed by atoms with van der Waals surface area (Å²) in [5.74, 6) is 1.19. The Bertz CT molecular complexity index is 860. The molecule has 0 aliphatic heterocycles. The molecule has 0 amide bonds. The minimum atomic E-state index is -0.332. The van der Waals surface area contributed by atoms with Crippen molar-refractivity contribution in [2.75, 3.05) is 5.75 Å². The Morgan fingerprint density at radius 1 is 1.12 bits per heavy atom. The van der Waals surface area contributed by atoms with Crippen molar-refractivity contribution in [2.45, 2.75) is 31.3 Å². The number of nitrogens with zero attached hydrogens (tertiary/aromatic N) is 2. The number of halogens is 1. The number of aryl methyl sites for hydroxylation is 1. The van der Waals surface area contributed by atoms with Crippen molar-refractivity contribution in [1.29, 1.82) is 0 Å². The highest BCUT2D eigenvalue weighted by Gasteiger charge is 2.08. The Balaban J connectivity index is 1.47. The number of carbonyl (C=O) groups excluding carboxylic acids is 1. The molecule has 0 saturated carbocycles. The SMILES string of the molecule is CCc1ccc(-c2nc(SCCCC(=O)c3ccc(F)cc3)n[nH]2)cc1. The molecular formula is C20H20FN3OS. The smallest absolute Gasteiger partial charge is 0.208 e. The number of benzene rings is 2. The lowest BCUT2D eigenvalue weighted by molar-refractivity contribution is 0.0982. The van der Waals surface area contributed by atoms with Gasteiger partial charge in [-0.1, -0.05) is 43.0 Å². The summed E-state index contributed by atoms with van der Waals surface area (Å²) >= 11 is 1.52. The minimum Gasteiger partial charge on any atom is -0.294 e. The van der Waals surface area contributed by atoms with E-state index >= 15 is 0 Å². The number of carbonyl (C=O) groups is 1. The van der Waals surface area contributed by atoms with E-state index in [4.69, 9.17) is 0 Å². The van der Waals surface area contributed by atoms with Crippen LogP contribution in [0.3, 0.4) is 0 Å². The molecule has 134 valence electrons. The number of hydrogen-bond donors (Lipinski definition) is 1. The van der Waals surface area contributed by atoms with Gasteiger partial charge in [-0.25, -0.2) is 9.37 Å². The highest BCUT2D eigenvalue weighted by molar-refractivity contribution is 7.99. The molecule has 3 aromatic rings. The number of H-pyrrole nitrogens is 1. The van der Waals surface area contributed by atoms with Gasteiger partial charge in [-0.3, -0.25) is 9.89 Å². The number of hydrogen-bond acceptors (Lipinski definition) is 4. The second-order valence-electron chi connectivity index (χ2n) is 5.90. The number of ketones is 1. The van der Waals surface area contributed by atoms with Crippen LogP contribution in [0.1, 0.15) is 35.7 Å². The van der Waals surface area contributed by atoms with Gasteiger partial charge >= 0.3 is 0 Å². The molecule has 0 saturated heterocycles. The standard InChI is InChI=1S/C20H20FN3OS/c1-2-14-5-7-16(8-6-14)19-22-20(24-23-19)26-13-3-4-18(25)15-9-11-17(21)12-10-15/h5-12H,2-4,13H2,1H3,(H,22,23,24). The largest absolute Gasteiger partial charge is 0.294 e. The first kappa shape index (κ1) is 18.3. The van der Waals surface area contributed by atoms with Gasteiger partial charge in [-0.05, 0) is 42.7 Å². The van der Waals surface area contributed by atoms with Crippen molar-refractivity contribution in [3.63, 3.8) is 0 Å². The third-order valence-electron chi connectivity index (χ3n) is 4.05. The fraction of sp³-hybridized carbons (Fsp3) is 0.250. The fourth-order valence-electron chi connectivity index (χ4n) is 2.51.